The molecule has 3 aromatic rings. The Morgan fingerprint density at radius 2 is 2.00 bits per heavy atom. The standard InChI is InChI=1S/C25H31N4O9P/c1-4-35-22(31)15(2)28-39(34,38-18-11-7-9-16-8-5-6-10-17(16)18)36-14-19-21(30)25(3,33)23(37-19)29-13-12-20(26)27-24(29)32/h5-13,15,19,21,23,30,33H,4,14H2,1-3H3,(H,28,34)(H2,26,27,32)/t15-,19+,21+,23+,25+,39?/m0/s1. The smallest absolute Gasteiger partial charge is 0.459 e. The van der Waals surface area contributed by atoms with Crippen molar-refractivity contribution in [3.05, 3.63) is 65.2 Å². The summed E-state index contributed by atoms with van der Waals surface area (Å²) in [5.74, 6) is -0.488. The van der Waals surface area contributed by atoms with Gasteiger partial charge in [0.25, 0.3) is 0 Å². The lowest BCUT2D eigenvalue weighted by Gasteiger charge is -2.27. The number of ether oxygens (including phenoxy) is 2. The van der Waals surface area contributed by atoms with Gasteiger partial charge in [-0.05, 0) is 38.3 Å². The number of hydrogen-bond donors (Lipinski definition) is 4. The molecule has 1 aliphatic rings. The zero-order chi connectivity index (χ0) is 28.4. The van der Waals surface area contributed by atoms with Crippen LogP contribution >= 0.6 is 7.75 Å². The van der Waals surface area contributed by atoms with Gasteiger partial charge in [0, 0.05) is 11.6 Å². The Morgan fingerprint density at radius 1 is 1.28 bits per heavy atom. The molecule has 0 spiro atoms. The molecule has 6 atom stereocenters. The van der Waals surface area contributed by atoms with Crippen LogP contribution in [0.3, 0.4) is 0 Å². The second kappa shape index (κ2) is 11.4. The van der Waals surface area contributed by atoms with Gasteiger partial charge in [0.1, 0.15) is 35.4 Å². The molecule has 5 N–H and O–H groups in total. The number of aliphatic hydroxyl groups excluding tert-OH is 1. The highest BCUT2D eigenvalue weighted by Gasteiger charge is 2.54. The highest BCUT2D eigenvalue weighted by atomic mass is 31.2. The predicted octanol–water partition coefficient (Wildman–Crippen LogP) is 1.73. The van der Waals surface area contributed by atoms with Gasteiger partial charge in [-0.25, -0.2) is 9.36 Å². The summed E-state index contributed by atoms with van der Waals surface area (Å²) in [5, 5.41) is 25.8. The van der Waals surface area contributed by atoms with Gasteiger partial charge in [0.05, 0.1) is 13.2 Å². The molecule has 2 aromatic carbocycles. The van der Waals surface area contributed by atoms with Crippen LogP contribution in [-0.4, -0.2) is 62.8 Å². The first-order valence-electron chi connectivity index (χ1n) is 12.2. The zero-order valence-corrected chi connectivity index (χ0v) is 22.5. The van der Waals surface area contributed by atoms with E-state index in [1.165, 1.54) is 26.1 Å². The van der Waals surface area contributed by atoms with E-state index in [9.17, 15) is 24.4 Å². The molecule has 0 amide bonds. The molecular formula is C25H31N4O9P. The average Bonchev–Trinajstić information content (AvgIpc) is 3.11. The lowest BCUT2D eigenvalue weighted by Crippen LogP contribution is -2.46. The highest BCUT2D eigenvalue weighted by Crippen LogP contribution is 2.48. The Hall–Kier alpha value is -3.32. The third kappa shape index (κ3) is 6.14. The number of nitrogens with zero attached hydrogens (tertiary/aromatic N) is 2. The molecule has 0 radical (unpaired) electrons. The minimum Gasteiger partial charge on any atom is -0.465 e. The largest absolute Gasteiger partial charge is 0.465 e. The monoisotopic (exact) mass is 562 g/mol. The van der Waals surface area contributed by atoms with E-state index in [0.29, 0.717) is 5.39 Å². The van der Waals surface area contributed by atoms with Gasteiger partial charge in [-0.15, -0.1) is 0 Å². The number of rotatable bonds is 10. The van der Waals surface area contributed by atoms with E-state index in [4.69, 9.17) is 24.3 Å². The van der Waals surface area contributed by atoms with Crippen LogP contribution in [0.2, 0.25) is 0 Å². The first-order chi connectivity index (χ1) is 18.4. The molecule has 0 saturated carbocycles. The van der Waals surface area contributed by atoms with Crippen molar-refractivity contribution in [3.63, 3.8) is 0 Å². The topological polar surface area (TPSA) is 184 Å². The van der Waals surface area contributed by atoms with Crippen molar-refractivity contribution in [3.8, 4) is 5.75 Å². The van der Waals surface area contributed by atoms with Crippen LogP contribution in [0.25, 0.3) is 10.8 Å². The van der Waals surface area contributed by atoms with Gasteiger partial charge in [0.15, 0.2) is 6.23 Å². The van der Waals surface area contributed by atoms with Crippen molar-refractivity contribution < 1.29 is 38.1 Å². The molecule has 0 bridgehead atoms. The molecular weight excluding hydrogens is 531 g/mol. The molecule has 1 unspecified atom stereocenters. The highest BCUT2D eigenvalue weighted by molar-refractivity contribution is 7.52. The van der Waals surface area contributed by atoms with Crippen molar-refractivity contribution in [2.24, 2.45) is 0 Å². The summed E-state index contributed by atoms with van der Waals surface area (Å²) in [5.41, 5.74) is 2.78. The van der Waals surface area contributed by atoms with Gasteiger partial charge in [-0.2, -0.15) is 10.1 Å². The number of aromatic nitrogens is 2. The summed E-state index contributed by atoms with van der Waals surface area (Å²) >= 11 is 0. The minimum absolute atomic E-state index is 0.0253. The zero-order valence-electron chi connectivity index (χ0n) is 21.6. The van der Waals surface area contributed by atoms with E-state index in [0.717, 1.165) is 9.95 Å². The van der Waals surface area contributed by atoms with E-state index in [2.05, 4.69) is 10.1 Å². The predicted molar refractivity (Wildman–Crippen MR) is 141 cm³/mol. The van der Waals surface area contributed by atoms with Crippen molar-refractivity contribution in [1.82, 2.24) is 14.6 Å². The summed E-state index contributed by atoms with van der Waals surface area (Å²) in [6.45, 7) is 3.91. The van der Waals surface area contributed by atoms with Gasteiger partial charge in [0.2, 0.25) is 0 Å². The molecule has 39 heavy (non-hydrogen) atoms. The Kier molecular flexibility index (Phi) is 8.40. The maximum Gasteiger partial charge on any atom is 0.459 e. The van der Waals surface area contributed by atoms with E-state index in [-0.39, 0.29) is 18.2 Å². The minimum atomic E-state index is -4.33. The number of esters is 1. The number of benzene rings is 2. The molecule has 0 aliphatic carbocycles. The Morgan fingerprint density at radius 3 is 2.72 bits per heavy atom. The van der Waals surface area contributed by atoms with E-state index in [1.807, 2.05) is 18.2 Å². The summed E-state index contributed by atoms with van der Waals surface area (Å²) in [7, 11) is -4.33. The van der Waals surface area contributed by atoms with Crippen molar-refractivity contribution in [2.75, 3.05) is 18.9 Å². The van der Waals surface area contributed by atoms with E-state index < -0.39 is 56.1 Å². The quantitative estimate of drug-likeness (QED) is 0.208. The Labute approximate surface area is 224 Å². The maximum atomic E-state index is 14.0. The number of carbonyl (C=O) groups excluding carboxylic acids is 1. The number of aliphatic hydroxyl groups is 2. The molecule has 2 heterocycles. The number of hydrogen-bond acceptors (Lipinski definition) is 11. The van der Waals surface area contributed by atoms with Gasteiger partial charge in [-0.3, -0.25) is 13.9 Å². The lowest BCUT2D eigenvalue weighted by atomic mass is 9.96. The van der Waals surface area contributed by atoms with Gasteiger partial charge in [-0.1, -0.05) is 36.4 Å². The maximum absolute atomic E-state index is 14.0. The molecule has 13 nitrogen and oxygen atoms in total. The summed E-state index contributed by atoms with van der Waals surface area (Å²) < 4.78 is 37.2. The van der Waals surface area contributed by atoms with Crippen molar-refractivity contribution in [2.45, 2.75) is 50.8 Å². The fraction of sp³-hybridized carbons (Fsp3) is 0.400. The number of fused-ring (bicyclic) bond motifs is 1. The summed E-state index contributed by atoms with van der Waals surface area (Å²) in [4.78, 5) is 28.2. The van der Waals surface area contributed by atoms with Crippen LogP contribution in [-0.2, 0) is 23.4 Å². The first kappa shape index (κ1) is 28.7. The third-order valence-electron chi connectivity index (χ3n) is 6.23. The van der Waals surface area contributed by atoms with Gasteiger partial charge < -0.3 is 29.9 Å². The Balaban J connectivity index is 1.59. The number of nitrogens with one attached hydrogen (secondary N) is 1. The second-order valence-electron chi connectivity index (χ2n) is 9.20. The fourth-order valence-corrected chi connectivity index (χ4v) is 5.73. The molecule has 14 heteroatoms. The Bertz CT molecular complexity index is 1440. The van der Waals surface area contributed by atoms with Crippen LogP contribution in [0.15, 0.2) is 59.5 Å². The third-order valence-corrected chi connectivity index (χ3v) is 7.86. The molecule has 1 aromatic heterocycles. The van der Waals surface area contributed by atoms with Gasteiger partial charge >= 0.3 is 19.4 Å². The van der Waals surface area contributed by atoms with Crippen LogP contribution in [0.5, 0.6) is 5.75 Å². The molecule has 210 valence electrons. The molecule has 1 saturated heterocycles. The number of nitrogen functional groups attached to an aromatic ring is 1. The van der Waals surface area contributed by atoms with Crippen molar-refractivity contribution >= 4 is 30.3 Å². The second-order valence-corrected chi connectivity index (χ2v) is 10.9. The van der Waals surface area contributed by atoms with Crippen LogP contribution in [0, 0.1) is 0 Å². The van der Waals surface area contributed by atoms with Crippen LogP contribution in [0.4, 0.5) is 5.82 Å². The van der Waals surface area contributed by atoms with Crippen LogP contribution < -0.4 is 21.0 Å². The number of carbonyl (C=O) groups is 1. The van der Waals surface area contributed by atoms with E-state index in [1.54, 1.807) is 31.2 Å². The van der Waals surface area contributed by atoms with Crippen molar-refractivity contribution in [1.29, 1.82) is 0 Å². The number of anilines is 1. The summed E-state index contributed by atoms with van der Waals surface area (Å²) in [6, 6.07) is 12.6. The summed E-state index contributed by atoms with van der Waals surface area (Å²) in [6.07, 6.45) is -2.90. The molecule has 4 rings (SSSR count). The number of nitrogens with two attached hydrogens (primary N) is 1. The molecule has 1 aliphatic heterocycles. The average molecular weight is 563 g/mol. The van der Waals surface area contributed by atoms with E-state index >= 15 is 0 Å². The fourth-order valence-electron chi connectivity index (χ4n) is 4.21. The van der Waals surface area contributed by atoms with Crippen LogP contribution in [0.1, 0.15) is 27.0 Å². The lowest BCUT2D eigenvalue weighted by molar-refractivity contribution is -0.144. The normalized spacial score (nSPS) is 25.2. The SMILES string of the molecule is CCOC(=O)[C@H](C)NP(=O)(OC[C@H]1O[C@@H](n2ccc(N)nc2=O)[C@](C)(O)[C@@H]1O)Oc1cccc2ccccc12. The molecule has 1 fully saturated rings. The first-order valence-corrected chi connectivity index (χ1v) is 13.8.